The third-order valence-corrected chi connectivity index (χ3v) is 2.97. The van der Waals surface area contributed by atoms with E-state index in [1.165, 1.54) is 18.4 Å². The summed E-state index contributed by atoms with van der Waals surface area (Å²) in [5, 5.41) is 0. The van der Waals surface area contributed by atoms with Gasteiger partial charge in [0, 0.05) is 0 Å². The first kappa shape index (κ1) is 17.9. The Balaban J connectivity index is 0. The molecule has 0 aliphatic carbocycles. The Morgan fingerprint density at radius 3 is 1.94 bits per heavy atom. The van der Waals surface area contributed by atoms with Gasteiger partial charge in [0.2, 0.25) is 0 Å². The van der Waals surface area contributed by atoms with Gasteiger partial charge in [0.1, 0.15) is 0 Å². The highest BCUT2D eigenvalue weighted by Crippen LogP contribution is 2.24. The molecule has 0 bridgehead atoms. The predicted octanol–water partition coefficient (Wildman–Crippen LogP) is 6.00. The fourth-order valence-corrected chi connectivity index (χ4v) is 1.90. The zero-order chi connectivity index (χ0) is 13.1. The van der Waals surface area contributed by atoms with Crippen molar-refractivity contribution in [1.82, 2.24) is 0 Å². The van der Waals surface area contributed by atoms with Gasteiger partial charge in [0.05, 0.1) is 0 Å². The van der Waals surface area contributed by atoms with E-state index in [2.05, 4.69) is 41.2 Å². The Morgan fingerprint density at radius 1 is 1.12 bits per heavy atom. The average molecular weight is 224 g/mol. The lowest BCUT2D eigenvalue weighted by Crippen LogP contribution is -2.03. The summed E-state index contributed by atoms with van der Waals surface area (Å²) in [5.74, 6) is 1.54. The van der Waals surface area contributed by atoms with Crippen LogP contribution in [-0.2, 0) is 0 Å². The first-order valence-electron chi connectivity index (χ1n) is 6.84. The monoisotopic (exact) mass is 224 g/mol. The number of allylic oxidation sites excluding steroid dienone is 3. The van der Waals surface area contributed by atoms with Gasteiger partial charge in [-0.25, -0.2) is 0 Å². The van der Waals surface area contributed by atoms with Crippen molar-refractivity contribution < 1.29 is 0 Å². The minimum absolute atomic E-state index is 0.723. The molecular weight excluding hydrogens is 192 g/mol. The van der Waals surface area contributed by atoms with E-state index in [1.54, 1.807) is 5.57 Å². The molecule has 16 heavy (non-hydrogen) atoms. The van der Waals surface area contributed by atoms with Crippen LogP contribution in [-0.4, -0.2) is 0 Å². The molecule has 0 aliphatic heterocycles. The van der Waals surface area contributed by atoms with Crippen molar-refractivity contribution in [2.45, 2.75) is 67.7 Å². The molecule has 0 aromatic heterocycles. The molecule has 96 valence electrons. The van der Waals surface area contributed by atoms with E-state index >= 15 is 0 Å². The summed E-state index contributed by atoms with van der Waals surface area (Å²) in [6.45, 7) is 19.2. The molecule has 0 heteroatoms. The fraction of sp³-hybridized carbons (Fsp3) is 0.750. The molecule has 0 aromatic rings. The molecular formula is C16H32. The van der Waals surface area contributed by atoms with Crippen LogP contribution in [0.15, 0.2) is 23.8 Å². The van der Waals surface area contributed by atoms with Crippen LogP contribution in [0.4, 0.5) is 0 Å². The van der Waals surface area contributed by atoms with E-state index in [0.717, 1.165) is 18.3 Å². The number of hydrogen-bond acceptors (Lipinski definition) is 0. The molecule has 0 spiro atoms. The minimum Gasteiger partial charge on any atom is -0.0988 e. The zero-order valence-corrected chi connectivity index (χ0v) is 12.6. The van der Waals surface area contributed by atoms with Crippen LogP contribution >= 0.6 is 0 Å². The normalized spacial score (nSPS) is 13.8. The summed E-state index contributed by atoms with van der Waals surface area (Å²) < 4.78 is 0. The van der Waals surface area contributed by atoms with E-state index in [0.29, 0.717) is 0 Å². The van der Waals surface area contributed by atoms with Gasteiger partial charge in [-0.15, -0.1) is 0 Å². The summed E-state index contributed by atoms with van der Waals surface area (Å²) in [6, 6.07) is 0. The summed E-state index contributed by atoms with van der Waals surface area (Å²) in [7, 11) is 0. The third kappa shape index (κ3) is 7.73. The molecule has 0 rings (SSSR count). The molecule has 1 unspecified atom stereocenters. The standard InChI is InChI=1S/C14H26.C2H6/c1-7-12(5)14(8-2)13(6)10-9-11(3)4;1-2/h7,11,13H,1,8-10H2,2-6H3;1-2H3/b14-12-;. The van der Waals surface area contributed by atoms with Crippen molar-refractivity contribution in [3.8, 4) is 0 Å². The summed E-state index contributed by atoms with van der Waals surface area (Å²) >= 11 is 0. The summed E-state index contributed by atoms with van der Waals surface area (Å²) in [6.07, 6.45) is 5.79. The van der Waals surface area contributed by atoms with Crippen LogP contribution in [0.25, 0.3) is 0 Å². The molecule has 0 aliphatic rings. The SMILES string of the molecule is C=C/C(C)=C(/CC)C(C)CCC(C)C.CC. The zero-order valence-electron chi connectivity index (χ0n) is 12.6. The first-order chi connectivity index (χ1) is 7.52. The highest BCUT2D eigenvalue weighted by molar-refractivity contribution is 5.23. The highest BCUT2D eigenvalue weighted by Gasteiger charge is 2.09. The van der Waals surface area contributed by atoms with Gasteiger partial charge in [-0.05, 0) is 31.6 Å². The average Bonchev–Trinajstić information content (AvgIpc) is 2.29. The van der Waals surface area contributed by atoms with Crippen LogP contribution in [0.2, 0.25) is 0 Å². The molecule has 0 radical (unpaired) electrons. The van der Waals surface area contributed by atoms with Gasteiger partial charge in [0.15, 0.2) is 0 Å². The summed E-state index contributed by atoms with van der Waals surface area (Å²) in [4.78, 5) is 0. The second kappa shape index (κ2) is 11.0. The van der Waals surface area contributed by atoms with Crippen molar-refractivity contribution in [1.29, 1.82) is 0 Å². The molecule has 0 nitrogen and oxygen atoms in total. The van der Waals surface area contributed by atoms with Gasteiger partial charge < -0.3 is 0 Å². The number of rotatable bonds is 6. The Kier molecular flexibility index (Phi) is 12.3. The molecule has 0 heterocycles. The van der Waals surface area contributed by atoms with Gasteiger partial charge in [-0.2, -0.15) is 0 Å². The Labute approximate surface area is 104 Å². The second-order valence-corrected chi connectivity index (χ2v) is 4.64. The largest absolute Gasteiger partial charge is 0.0988 e. The summed E-state index contributed by atoms with van der Waals surface area (Å²) in [5.41, 5.74) is 2.96. The van der Waals surface area contributed by atoms with E-state index in [9.17, 15) is 0 Å². The quantitative estimate of drug-likeness (QED) is 0.486. The fourth-order valence-electron chi connectivity index (χ4n) is 1.90. The molecule has 1 atom stereocenters. The van der Waals surface area contributed by atoms with Crippen molar-refractivity contribution >= 4 is 0 Å². The topological polar surface area (TPSA) is 0 Å². The van der Waals surface area contributed by atoms with Gasteiger partial charge in [0.25, 0.3) is 0 Å². The van der Waals surface area contributed by atoms with Crippen molar-refractivity contribution in [2.75, 3.05) is 0 Å². The Hall–Kier alpha value is -0.520. The maximum absolute atomic E-state index is 3.85. The van der Waals surface area contributed by atoms with E-state index < -0.39 is 0 Å². The number of hydrogen-bond donors (Lipinski definition) is 0. The van der Waals surface area contributed by atoms with E-state index in [4.69, 9.17) is 0 Å². The van der Waals surface area contributed by atoms with Crippen LogP contribution in [0.3, 0.4) is 0 Å². The van der Waals surface area contributed by atoms with Crippen molar-refractivity contribution in [3.63, 3.8) is 0 Å². The van der Waals surface area contributed by atoms with E-state index in [-0.39, 0.29) is 0 Å². The van der Waals surface area contributed by atoms with Crippen LogP contribution in [0.1, 0.15) is 67.7 Å². The minimum atomic E-state index is 0.723. The molecule has 0 saturated heterocycles. The van der Waals surface area contributed by atoms with Crippen molar-refractivity contribution in [2.24, 2.45) is 11.8 Å². The molecule has 0 amide bonds. The maximum Gasteiger partial charge on any atom is -0.0226 e. The predicted molar refractivity (Wildman–Crippen MR) is 77.8 cm³/mol. The van der Waals surface area contributed by atoms with Crippen LogP contribution < -0.4 is 0 Å². The molecule has 0 saturated carbocycles. The van der Waals surface area contributed by atoms with Crippen LogP contribution in [0.5, 0.6) is 0 Å². The van der Waals surface area contributed by atoms with Gasteiger partial charge >= 0.3 is 0 Å². The lowest BCUT2D eigenvalue weighted by Gasteiger charge is -2.17. The van der Waals surface area contributed by atoms with Crippen LogP contribution in [0, 0.1) is 11.8 Å². The van der Waals surface area contributed by atoms with E-state index in [1.807, 2.05) is 19.9 Å². The lowest BCUT2D eigenvalue weighted by atomic mass is 9.88. The van der Waals surface area contributed by atoms with Crippen molar-refractivity contribution in [3.05, 3.63) is 23.8 Å². The maximum atomic E-state index is 3.85. The smallest absolute Gasteiger partial charge is 0.0226 e. The highest BCUT2D eigenvalue weighted by atomic mass is 14.1. The Bertz CT molecular complexity index is 196. The van der Waals surface area contributed by atoms with Gasteiger partial charge in [-0.3, -0.25) is 0 Å². The lowest BCUT2D eigenvalue weighted by molar-refractivity contribution is 0.482. The molecule has 0 N–H and O–H groups in total. The first-order valence-corrected chi connectivity index (χ1v) is 6.84. The Morgan fingerprint density at radius 2 is 1.62 bits per heavy atom. The van der Waals surface area contributed by atoms with Gasteiger partial charge in [-0.1, -0.05) is 71.8 Å². The third-order valence-electron chi connectivity index (χ3n) is 2.97. The molecule has 0 fully saturated rings. The molecule has 0 aromatic carbocycles. The second-order valence-electron chi connectivity index (χ2n) is 4.64.